The molecule has 1 saturated heterocycles. The maximum atomic E-state index is 5.86. The number of fused-ring (bicyclic) bond motifs is 1. The molecule has 2 aromatic rings. The number of nitrogens with zero attached hydrogens (tertiary/aromatic N) is 2. The Balaban J connectivity index is 1.67. The molecule has 0 saturated carbocycles. The van der Waals surface area contributed by atoms with E-state index in [9.17, 15) is 0 Å². The number of hydrogen-bond donors (Lipinski definition) is 2. The van der Waals surface area contributed by atoms with Crippen LogP contribution < -0.4 is 10.1 Å². The molecule has 6 nitrogen and oxygen atoms in total. The minimum absolute atomic E-state index is 0.331. The Morgan fingerprint density at radius 2 is 2.11 bits per heavy atom. The second kappa shape index (κ2) is 5.54. The van der Waals surface area contributed by atoms with Crippen LogP contribution in [0.15, 0.2) is 12.1 Å². The van der Waals surface area contributed by atoms with Crippen molar-refractivity contribution < 1.29 is 9.47 Å². The van der Waals surface area contributed by atoms with Gasteiger partial charge in [-0.25, -0.2) is 4.98 Å². The van der Waals surface area contributed by atoms with Crippen LogP contribution in [0.2, 0.25) is 0 Å². The highest BCUT2D eigenvalue weighted by Gasteiger charge is 2.14. The molecule has 0 radical (unpaired) electrons. The summed E-state index contributed by atoms with van der Waals surface area (Å²) in [4.78, 5) is 11.9. The maximum Gasteiger partial charge on any atom is 0.215 e. The lowest BCUT2D eigenvalue weighted by Crippen LogP contribution is -2.32. The van der Waals surface area contributed by atoms with E-state index in [0.717, 1.165) is 37.3 Å². The van der Waals surface area contributed by atoms with Crippen LogP contribution in [0.1, 0.15) is 18.7 Å². The molecule has 19 heavy (non-hydrogen) atoms. The molecule has 0 atom stereocenters. The minimum atomic E-state index is 0.331. The number of piperidine rings is 1. The van der Waals surface area contributed by atoms with E-state index >= 15 is 0 Å². The summed E-state index contributed by atoms with van der Waals surface area (Å²) in [5, 5.41) is 3.32. The predicted octanol–water partition coefficient (Wildman–Crippen LogP) is 1.24. The molecule has 0 bridgehead atoms. The molecule has 3 rings (SSSR count). The molecule has 1 aliphatic heterocycles. The van der Waals surface area contributed by atoms with Gasteiger partial charge < -0.3 is 19.8 Å². The van der Waals surface area contributed by atoms with E-state index < -0.39 is 0 Å². The fourth-order valence-electron chi connectivity index (χ4n) is 2.27. The predicted molar refractivity (Wildman–Crippen MR) is 71.1 cm³/mol. The van der Waals surface area contributed by atoms with Crippen LogP contribution in [0, 0.1) is 0 Å². The SMILES string of the molecule is COc1ccc2[nH]c(COC3CCNCC3)nc2n1. The number of H-pyrrole nitrogens is 1. The van der Waals surface area contributed by atoms with Crippen LogP contribution >= 0.6 is 0 Å². The van der Waals surface area contributed by atoms with Gasteiger partial charge in [0.25, 0.3) is 0 Å². The third-order valence-electron chi connectivity index (χ3n) is 3.32. The molecule has 6 heteroatoms. The zero-order valence-electron chi connectivity index (χ0n) is 11.0. The molecule has 3 heterocycles. The van der Waals surface area contributed by atoms with Crippen molar-refractivity contribution in [2.24, 2.45) is 0 Å². The van der Waals surface area contributed by atoms with E-state index in [1.165, 1.54) is 0 Å². The maximum absolute atomic E-state index is 5.86. The average Bonchev–Trinajstić information content (AvgIpc) is 2.88. The summed E-state index contributed by atoms with van der Waals surface area (Å²) in [6.45, 7) is 2.57. The lowest BCUT2D eigenvalue weighted by molar-refractivity contribution is 0.0182. The summed E-state index contributed by atoms with van der Waals surface area (Å²) >= 11 is 0. The quantitative estimate of drug-likeness (QED) is 0.867. The zero-order valence-corrected chi connectivity index (χ0v) is 11.0. The van der Waals surface area contributed by atoms with Gasteiger partial charge in [-0.3, -0.25) is 0 Å². The molecular weight excluding hydrogens is 244 g/mol. The smallest absolute Gasteiger partial charge is 0.215 e. The van der Waals surface area contributed by atoms with Gasteiger partial charge >= 0.3 is 0 Å². The summed E-state index contributed by atoms with van der Waals surface area (Å²) in [6, 6.07) is 3.74. The molecular formula is C13H18N4O2. The number of aromatic nitrogens is 3. The highest BCUT2D eigenvalue weighted by molar-refractivity contribution is 5.71. The second-order valence-corrected chi connectivity index (χ2v) is 4.67. The fourth-order valence-corrected chi connectivity index (χ4v) is 2.27. The van der Waals surface area contributed by atoms with Crippen LogP contribution in [0.4, 0.5) is 0 Å². The van der Waals surface area contributed by atoms with Gasteiger partial charge in [-0.05, 0) is 32.0 Å². The van der Waals surface area contributed by atoms with Crippen LogP contribution in [0.5, 0.6) is 5.88 Å². The monoisotopic (exact) mass is 262 g/mol. The van der Waals surface area contributed by atoms with Gasteiger partial charge in [0.1, 0.15) is 12.4 Å². The lowest BCUT2D eigenvalue weighted by Gasteiger charge is -2.22. The van der Waals surface area contributed by atoms with Crippen molar-refractivity contribution in [1.82, 2.24) is 20.3 Å². The largest absolute Gasteiger partial charge is 0.481 e. The molecule has 0 unspecified atom stereocenters. The molecule has 0 spiro atoms. The first-order valence-electron chi connectivity index (χ1n) is 6.57. The van der Waals surface area contributed by atoms with Crippen LogP contribution in [0.25, 0.3) is 11.2 Å². The third kappa shape index (κ3) is 2.85. The first-order valence-corrected chi connectivity index (χ1v) is 6.57. The summed E-state index contributed by atoms with van der Waals surface area (Å²) in [6.07, 6.45) is 2.45. The van der Waals surface area contributed by atoms with Crippen molar-refractivity contribution in [1.29, 1.82) is 0 Å². The number of methoxy groups -OCH3 is 1. The molecule has 1 fully saturated rings. The Bertz CT molecular complexity index is 549. The van der Waals surface area contributed by atoms with Gasteiger partial charge in [0.15, 0.2) is 5.65 Å². The summed E-state index contributed by atoms with van der Waals surface area (Å²) in [7, 11) is 1.60. The second-order valence-electron chi connectivity index (χ2n) is 4.67. The summed E-state index contributed by atoms with van der Waals surface area (Å²) in [5.41, 5.74) is 1.58. The van der Waals surface area contributed by atoms with E-state index in [1.54, 1.807) is 7.11 Å². The van der Waals surface area contributed by atoms with E-state index in [0.29, 0.717) is 24.2 Å². The Morgan fingerprint density at radius 1 is 1.26 bits per heavy atom. The van der Waals surface area contributed by atoms with Crippen molar-refractivity contribution >= 4 is 11.2 Å². The number of rotatable bonds is 4. The standard InChI is InChI=1S/C13H18N4O2/c1-18-12-3-2-10-13(17-12)16-11(15-10)8-19-9-4-6-14-7-5-9/h2-3,9,14H,4-8H2,1H3,(H,15,16,17). The highest BCUT2D eigenvalue weighted by atomic mass is 16.5. The molecule has 0 amide bonds. The molecule has 1 aliphatic rings. The number of imidazole rings is 1. The number of nitrogens with one attached hydrogen (secondary N) is 2. The Morgan fingerprint density at radius 3 is 2.89 bits per heavy atom. The van der Waals surface area contributed by atoms with E-state index in [-0.39, 0.29) is 0 Å². The van der Waals surface area contributed by atoms with E-state index in [2.05, 4.69) is 20.3 Å². The average molecular weight is 262 g/mol. The molecule has 102 valence electrons. The minimum Gasteiger partial charge on any atom is -0.481 e. The Labute approximate surface area is 111 Å². The Kier molecular flexibility index (Phi) is 3.61. The van der Waals surface area contributed by atoms with Crippen molar-refractivity contribution in [3.63, 3.8) is 0 Å². The summed E-state index contributed by atoms with van der Waals surface area (Å²) in [5.74, 6) is 1.39. The Hall–Kier alpha value is -1.66. The first kappa shape index (κ1) is 12.4. The molecule has 2 N–H and O–H groups in total. The molecule has 0 aromatic carbocycles. The van der Waals surface area contributed by atoms with Gasteiger partial charge in [0.05, 0.1) is 18.7 Å². The van der Waals surface area contributed by atoms with Crippen molar-refractivity contribution in [3.05, 3.63) is 18.0 Å². The van der Waals surface area contributed by atoms with Crippen LogP contribution in [-0.4, -0.2) is 41.3 Å². The number of hydrogen-bond acceptors (Lipinski definition) is 5. The van der Waals surface area contributed by atoms with Crippen LogP contribution in [-0.2, 0) is 11.3 Å². The van der Waals surface area contributed by atoms with Gasteiger partial charge in [0.2, 0.25) is 5.88 Å². The lowest BCUT2D eigenvalue weighted by atomic mass is 10.1. The van der Waals surface area contributed by atoms with Gasteiger partial charge in [-0.1, -0.05) is 0 Å². The van der Waals surface area contributed by atoms with E-state index in [4.69, 9.17) is 9.47 Å². The fraction of sp³-hybridized carbons (Fsp3) is 0.538. The van der Waals surface area contributed by atoms with Gasteiger partial charge in [-0.2, -0.15) is 4.98 Å². The zero-order chi connectivity index (χ0) is 13.1. The van der Waals surface area contributed by atoms with Crippen molar-refractivity contribution in [2.75, 3.05) is 20.2 Å². The number of aromatic amines is 1. The first-order chi connectivity index (χ1) is 9.35. The van der Waals surface area contributed by atoms with E-state index in [1.807, 2.05) is 12.1 Å². The van der Waals surface area contributed by atoms with Gasteiger partial charge in [-0.15, -0.1) is 0 Å². The van der Waals surface area contributed by atoms with Crippen molar-refractivity contribution in [3.8, 4) is 5.88 Å². The number of pyridine rings is 1. The number of ether oxygens (including phenoxy) is 2. The van der Waals surface area contributed by atoms with Gasteiger partial charge in [0, 0.05) is 6.07 Å². The van der Waals surface area contributed by atoms with Crippen molar-refractivity contribution in [2.45, 2.75) is 25.6 Å². The topological polar surface area (TPSA) is 72.1 Å². The third-order valence-corrected chi connectivity index (χ3v) is 3.32. The normalized spacial score (nSPS) is 16.9. The van der Waals surface area contributed by atoms with Crippen LogP contribution in [0.3, 0.4) is 0 Å². The molecule has 2 aromatic heterocycles. The molecule has 0 aliphatic carbocycles. The summed E-state index contributed by atoms with van der Waals surface area (Å²) < 4.78 is 10.9. The highest BCUT2D eigenvalue weighted by Crippen LogP contribution is 2.15.